The van der Waals surface area contributed by atoms with Crippen LogP contribution >= 0.6 is 0 Å². The van der Waals surface area contributed by atoms with Crippen molar-refractivity contribution in [2.45, 2.75) is 0 Å². The van der Waals surface area contributed by atoms with E-state index < -0.39 is 0 Å². The Morgan fingerprint density at radius 1 is 1.00 bits per heavy atom. The van der Waals surface area contributed by atoms with Crippen LogP contribution in [-0.4, -0.2) is 39.1 Å². The smallest absolute Gasteiger partial charge is 0.250 e. The fourth-order valence-corrected chi connectivity index (χ4v) is 2.96. The summed E-state index contributed by atoms with van der Waals surface area (Å²) in [7, 11) is 5.60. The van der Waals surface area contributed by atoms with Crippen LogP contribution < -0.4 is 10.5 Å². The van der Waals surface area contributed by atoms with E-state index in [9.17, 15) is 4.79 Å². The summed E-state index contributed by atoms with van der Waals surface area (Å²) in [4.78, 5) is 13.6. The molecule has 0 bridgehead atoms. The quantitative estimate of drug-likeness (QED) is 0.616. The SMILES string of the molecule is CN(C)c1ccc(-c2ccc(-c3ccc(=O)n(C)c3)c3cn[nH]c23)nn1. The molecule has 0 amide bonds. The van der Waals surface area contributed by atoms with Gasteiger partial charge in [0.25, 0.3) is 0 Å². The number of pyridine rings is 1. The second-order valence-corrected chi connectivity index (χ2v) is 6.36. The standard InChI is InChI=1S/C19H18N6O/c1-24(2)17-8-7-16(21-22-17)14-6-5-13(15-10-20-23-19(14)15)12-4-9-18(26)25(3)11-12/h4-11H,1-3H3,(H,20,23). The number of rotatable bonds is 3. The van der Waals surface area contributed by atoms with Gasteiger partial charge in [0.2, 0.25) is 5.56 Å². The molecule has 7 nitrogen and oxygen atoms in total. The van der Waals surface area contributed by atoms with Crippen molar-refractivity contribution < 1.29 is 0 Å². The van der Waals surface area contributed by atoms with Crippen molar-refractivity contribution in [1.29, 1.82) is 0 Å². The first-order valence-corrected chi connectivity index (χ1v) is 8.19. The first kappa shape index (κ1) is 16.0. The van der Waals surface area contributed by atoms with Gasteiger partial charge in [0.05, 0.1) is 17.4 Å². The van der Waals surface area contributed by atoms with Gasteiger partial charge in [-0.05, 0) is 35.4 Å². The van der Waals surface area contributed by atoms with Gasteiger partial charge in [0.15, 0.2) is 5.82 Å². The zero-order chi connectivity index (χ0) is 18.3. The van der Waals surface area contributed by atoms with E-state index in [0.717, 1.165) is 39.1 Å². The van der Waals surface area contributed by atoms with E-state index in [0.29, 0.717) is 0 Å². The van der Waals surface area contributed by atoms with Crippen LogP contribution in [0.1, 0.15) is 0 Å². The lowest BCUT2D eigenvalue weighted by molar-refractivity contribution is 0.862. The number of hydrogen-bond donors (Lipinski definition) is 1. The van der Waals surface area contributed by atoms with Crippen LogP contribution in [0, 0.1) is 0 Å². The van der Waals surface area contributed by atoms with E-state index in [1.165, 1.54) is 0 Å². The zero-order valence-corrected chi connectivity index (χ0v) is 14.8. The zero-order valence-electron chi connectivity index (χ0n) is 14.8. The number of anilines is 1. The minimum atomic E-state index is -0.0370. The summed E-state index contributed by atoms with van der Waals surface area (Å²) >= 11 is 0. The molecule has 130 valence electrons. The summed E-state index contributed by atoms with van der Waals surface area (Å²) in [5.74, 6) is 0.802. The lowest BCUT2D eigenvalue weighted by Crippen LogP contribution is -2.13. The van der Waals surface area contributed by atoms with E-state index in [1.54, 1.807) is 23.9 Å². The van der Waals surface area contributed by atoms with E-state index >= 15 is 0 Å². The average Bonchev–Trinajstić information content (AvgIpc) is 3.13. The molecule has 0 radical (unpaired) electrons. The molecule has 0 unspecified atom stereocenters. The normalized spacial score (nSPS) is 11.0. The lowest BCUT2D eigenvalue weighted by atomic mass is 9.99. The van der Waals surface area contributed by atoms with Gasteiger partial charge in [0.1, 0.15) is 0 Å². The Hall–Kier alpha value is -3.48. The molecule has 3 aromatic heterocycles. The number of aromatic nitrogens is 5. The van der Waals surface area contributed by atoms with E-state index in [2.05, 4.69) is 20.4 Å². The molecule has 0 fully saturated rings. The number of aryl methyl sites for hydroxylation is 1. The summed E-state index contributed by atoms with van der Waals surface area (Å²) in [6, 6.07) is 11.3. The van der Waals surface area contributed by atoms with E-state index in [1.807, 2.05) is 55.5 Å². The largest absolute Gasteiger partial charge is 0.361 e. The monoisotopic (exact) mass is 346 g/mol. The van der Waals surface area contributed by atoms with Crippen molar-refractivity contribution >= 4 is 16.7 Å². The molecular formula is C19H18N6O. The molecule has 0 aliphatic heterocycles. The molecule has 0 atom stereocenters. The van der Waals surface area contributed by atoms with Gasteiger partial charge in [-0.1, -0.05) is 6.07 Å². The summed E-state index contributed by atoms with van der Waals surface area (Å²) < 4.78 is 1.57. The van der Waals surface area contributed by atoms with Gasteiger partial charge in [-0.2, -0.15) is 5.10 Å². The lowest BCUT2D eigenvalue weighted by Gasteiger charge is -2.11. The molecule has 0 aliphatic rings. The topological polar surface area (TPSA) is 79.7 Å². The van der Waals surface area contributed by atoms with Crippen LogP contribution in [0.2, 0.25) is 0 Å². The van der Waals surface area contributed by atoms with Crippen LogP contribution in [0.25, 0.3) is 33.3 Å². The van der Waals surface area contributed by atoms with Crippen molar-refractivity contribution in [2.75, 3.05) is 19.0 Å². The Labute approximate surface area is 149 Å². The number of aromatic amines is 1. The second kappa shape index (κ2) is 6.11. The number of fused-ring (bicyclic) bond motifs is 1. The summed E-state index contributed by atoms with van der Waals surface area (Å²) in [6.07, 6.45) is 3.62. The Balaban J connectivity index is 1.86. The molecule has 4 rings (SSSR count). The Morgan fingerprint density at radius 2 is 1.81 bits per heavy atom. The highest BCUT2D eigenvalue weighted by atomic mass is 16.1. The van der Waals surface area contributed by atoms with Crippen molar-refractivity contribution in [2.24, 2.45) is 7.05 Å². The first-order valence-electron chi connectivity index (χ1n) is 8.19. The third-order valence-corrected chi connectivity index (χ3v) is 4.40. The Kier molecular flexibility index (Phi) is 3.76. The van der Waals surface area contributed by atoms with Crippen LogP contribution in [0.5, 0.6) is 0 Å². The van der Waals surface area contributed by atoms with E-state index in [-0.39, 0.29) is 5.56 Å². The van der Waals surface area contributed by atoms with Gasteiger partial charge >= 0.3 is 0 Å². The summed E-state index contributed by atoms with van der Waals surface area (Å²) in [6.45, 7) is 0. The van der Waals surface area contributed by atoms with Crippen molar-refractivity contribution in [3.05, 3.63) is 59.1 Å². The predicted molar refractivity (Wildman–Crippen MR) is 102 cm³/mol. The van der Waals surface area contributed by atoms with Crippen LogP contribution in [0.15, 0.2) is 53.6 Å². The fourth-order valence-electron chi connectivity index (χ4n) is 2.96. The second-order valence-electron chi connectivity index (χ2n) is 6.36. The highest BCUT2D eigenvalue weighted by molar-refractivity contribution is 6.01. The molecule has 7 heteroatoms. The van der Waals surface area contributed by atoms with E-state index in [4.69, 9.17) is 0 Å². The number of nitrogens with one attached hydrogen (secondary N) is 1. The summed E-state index contributed by atoms with van der Waals surface area (Å²) in [5, 5.41) is 16.8. The number of hydrogen-bond acceptors (Lipinski definition) is 5. The Morgan fingerprint density at radius 3 is 2.50 bits per heavy atom. The van der Waals surface area contributed by atoms with Crippen molar-refractivity contribution in [1.82, 2.24) is 25.0 Å². The Bertz CT molecular complexity index is 1140. The molecule has 4 aromatic rings. The maximum Gasteiger partial charge on any atom is 0.250 e. The minimum absolute atomic E-state index is 0.0370. The van der Waals surface area contributed by atoms with Crippen molar-refractivity contribution in [3.8, 4) is 22.4 Å². The highest BCUT2D eigenvalue weighted by Crippen LogP contribution is 2.33. The number of nitrogens with zero attached hydrogens (tertiary/aromatic N) is 5. The third kappa shape index (κ3) is 2.63. The van der Waals surface area contributed by atoms with Gasteiger partial charge in [-0.15, -0.1) is 10.2 Å². The highest BCUT2D eigenvalue weighted by Gasteiger charge is 2.13. The van der Waals surface area contributed by atoms with Gasteiger partial charge in [-0.3, -0.25) is 9.89 Å². The maximum atomic E-state index is 11.7. The molecule has 0 saturated heterocycles. The maximum absolute atomic E-state index is 11.7. The molecule has 1 N–H and O–H groups in total. The third-order valence-electron chi connectivity index (χ3n) is 4.40. The van der Waals surface area contributed by atoms with Crippen LogP contribution in [-0.2, 0) is 7.05 Å². The summed E-state index contributed by atoms with van der Waals surface area (Å²) in [5.41, 5.74) is 4.53. The number of H-pyrrole nitrogens is 1. The molecule has 1 aromatic carbocycles. The fraction of sp³-hybridized carbons (Fsp3) is 0.158. The van der Waals surface area contributed by atoms with Crippen LogP contribution in [0.4, 0.5) is 5.82 Å². The van der Waals surface area contributed by atoms with Gasteiger partial charge in [-0.25, -0.2) is 0 Å². The molecule has 0 aliphatic carbocycles. The number of benzene rings is 1. The average molecular weight is 346 g/mol. The molecule has 0 saturated carbocycles. The minimum Gasteiger partial charge on any atom is -0.361 e. The molecular weight excluding hydrogens is 328 g/mol. The molecule has 26 heavy (non-hydrogen) atoms. The predicted octanol–water partition coefficient (Wildman–Crippen LogP) is 2.45. The van der Waals surface area contributed by atoms with Gasteiger partial charge in [0, 0.05) is 44.4 Å². The van der Waals surface area contributed by atoms with Crippen molar-refractivity contribution in [3.63, 3.8) is 0 Å². The molecule has 0 spiro atoms. The first-order chi connectivity index (χ1) is 12.5. The van der Waals surface area contributed by atoms with Gasteiger partial charge < -0.3 is 9.47 Å². The molecule has 3 heterocycles. The van der Waals surface area contributed by atoms with Crippen LogP contribution in [0.3, 0.4) is 0 Å².